The highest BCUT2D eigenvalue weighted by atomic mass is 79.9. The van der Waals surface area contributed by atoms with Gasteiger partial charge in [0.15, 0.2) is 0 Å². The zero-order chi connectivity index (χ0) is 14.1. The zero-order valence-electron chi connectivity index (χ0n) is 11.6. The molecule has 1 N–H and O–H groups in total. The van der Waals surface area contributed by atoms with E-state index in [9.17, 15) is 4.79 Å². The summed E-state index contributed by atoms with van der Waals surface area (Å²) in [5.41, 5.74) is 1.22. The van der Waals surface area contributed by atoms with Gasteiger partial charge in [-0.3, -0.25) is 4.79 Å². The van der Waals surface area contributed by atoms with Gasteiger partial charge in [-0.15, -0.1) is 11.8 Å². The molecule has 2 fully saturated rings. The molecule has 3 nitrogen and oxygen atoms in total. The molecule has 0 radical (unpaired) electrons. The Bertz CT molecular complexity index is 511. The van der Waals surface area contributed by atoms with Crippen LogP contribution in [-0.2, 0) is 4.79 Å². The van der Waals surface area contributed by atoms with Crippen molar-refractivity contribution in [3.05, 3.63) is 28.2 Å². The lowest BCUT2D eigenvalue weighted by atomic mass is 10.0. The first-order valence-electron chi connectivity index (χ1n) is 7.01. The molecule has 1 aromatic carbocycles. The summed E-state index contributed by atoms with van der Waals surface area (Å²) in [6.45, 7) is 6.12. The van der Waals surface area contributed by atoms with Crippen LogP contribution in [0.3, 0.4) is 0 Å². The van der Waals surface area contributed by atoms with Gasteiger partial charge in [-0.2, -0.15) is 0 Å². The molecule has 108 valence electrons. The fourth-order valence-corrected chi connectivity index (χ4v) is 4.45. The van der Waals surface area contributed by atoms with Crippen LogP contribution in [-0.4, -0.2) is 42.7 Å². The topological polar surface area (TPSA) is 32.3 Å². The summed E-state index contributed by atoms with van der Waals surface area (Å²) in [5.74, 6) is 2.19. The molecule has 2 aliphatic rings. The average Bonchev–Trinajstić information content (AvgIpc) is 2.98. The van der Waals surface area contributed by atoms with Crippen molar-refractivity contribution in [2.75, 3.05) is 31.9 Å². The molecule has 20 heavy (non-hydrogen) atoms. The van der Waals surface area contributed by atoms with Gasteiger partial charge in [0.25, 0.3) is 0 Å². The second-order valence-electron chi connectivity index (χ2n) is 5.68. The second-order valence-corrected chi connectivity index (χ2v) is 7.61. The highest BCUT2D eigenvalue weighted by Gasteiger charge is 2.37. The Morgan fingerprint density at radius 3 is 2.75 bits per heavy atom. The van der Waals surface area contributed by atoms with E-state index >= 15 is 0 Å². The van der Waals surface area contributed by atoms with E-state index < -0.39 is 0 Å². The van der Waals surface area contributed by atoms with E-state index in [2.05, 4.69) is 45.2 Å². The van der Waals surface area contributed by atoms with E-state index in [4.69, 9.17) is 0 Å². The maximum atomic E-state index is 12.3. The van der Waals surface area contributed by atoms with Crippen LogP contribution in [0, 0.1) is 18.8 Å². The molecule has 2 heterocycles. The SMILES string of the molecule is Cc1cc(Br)ccc1SCC(=O)N1C[C@H]2CNC[C@H]2C1. The zero-order valence-corrected chi connectivity index (χ0v) is 14.0. The van der Waals surface area contributed by atoms with Gasteiger partial charge in [0.05, 0.1) is 5.75 Å². The third kappa shape index (κ3) is 3.05. The smallest absolute Gasteiger partial charge is 0.232 e. The van der Waals surface area contributed by atoms with Crippen LogP contribution in [0.2, 0.25) is 0 Å². The van der Waals surface area contributed by atoms with Crippen molar-refractivity contribution in [1.82, 2.24) is 10.2 Å². The predicted octanol–water partition coefficient (Wildman–Crippen LogP) is 2.53. The molecule has 0 unspecified atom stereocenters. The van der Waals surface area contributed by atoms with Gasteiger partial charge in [-0.25, -0.2) is 0 Å². The molecule has 0 bridgehead atoms. The monoisotopic (exact) mass is 354 g/mol. The number of hydrogen-bond acceptors (Lipinski definition) is 3. The van der Waals surface area contributed by atoms with E-state index in [1.807, 2.05) is 6.07 Å². The summed E-state index contributed by atoms with van der Waals surface area (Å²) >= 11 is 5.12. The number of carbonyl (C=O) groups is 1. The van der Waals surface area contributed by atoms with Gasteiger partial charge in [0.1, 0.15) is 0 Å². The van der Waals surface area contributed by atoms with Crippen LogP contribution in [0.15, 0.2) is 27.6 Å². The second kappa shape index (κ2) is 6.08. The number of nitrogens with one attached hydrogen (secondary N) is 1. The lowest BCUT2D eigenvalue weighted by Crippen LogP contribution is -2.33. The lowest BCUT2D eigenvalue weighted by Gasteiger charge is -2.17. The Hall–Kier alpha value is -0.520. The first-order chi connectivity index (χ1) is 9.63. The first-order valence-corrected chi connectivity index (χ1v) is 8.79. The van der Waals surface area contributed by atoms with Crippen LogP contribution in [0.5, 0.6) is 0 Å². The van der Waals surface area contributed by atoms with E-state index in [1.165, 1.54) is 10.5 Å². The number of amides is 1. The maximum Gasteiger partial charge on any atom is 0.232 e. The number of aryl methyl sites for hydroxylation is 1. The number of thioether (sulfide) groups is 1. The average molecular weight is 355 g/mol. The van der Waals surface area contributed by atoms with Crippen LogP contribution in [0.4, 0.5) is 0 Å². The summed E-state index contributed by atoms with van der Waals surface area (Å²) in [6, 6.07) is 6.21. The summed E-state index contributed by atoms with van der Waals surface area (Å²) in [6.07, 6.45) is 0. The molecule has 0 aromatic heterocycles. The minimum absolute atomic E-state index is 0.284. The molecular formula is C15H19BrN2OS. The third-order valence-corrected chi connectivity index (χ3v) is 5.88. The number of carbonyl (C=O) groups excluding carboxylic acids is 1. The van der Waals surface area contributed by atoms with Crippen LogP contribution in [0.25, 0.3) is 0 Å². The van der Waals surface area contributed by atoms with Gasteiger partial charge < -0.3 is 10.2 Å². The largest absolute Gasteiger partial charge is 0.341 e. The van der Waals surface area contributed by atoms with Gasteiger partial charge in [0, 0.05) is 35.5 Å². The van der Waals surface area contributed by atoms with Crippen molar-refractivity contribution in [3.8, 4) is 0 Å². The van der Waals surface area contributed by atoms with Crippen LogP contribution >= 0.6 is 27.7 Å². The quantitative estimate of drug-likeness (QED) is 0.846. The molecule has 0 aliphatic carbocycles. The summed E-state index contributed by atoms with van der Waals surface area (Å²) in [4.78, 5) is 15.6. The summed E-state index contributed by atoms with van der Waals surface area (Å²) in [5, 5.41) is 3.41. The number of halogens is 1. The number of nitrogens with zero attached hydrogens (tertiary/aromatic N) is 1. The van der Waals surface area contributed by atoms with Crippen molar-refractivity contribution in [2.45, 2.75) is 11.8 Å². The molecule has 1 amide bonds. The van der Waals surface area contributed by atoms with Gasteiger partial charge in [-0.1, -0.05) is 15.9 Å². The number of fused-ring (bicyclic) bond motifs is 1. The molecule has 0 saturated carbocycles. The Kier molecular flexibility index (Phi) is 4.38. The van der Waals surface area contributed by atoms with Crippen LogP contribution in [0.1, 0.15) is 5.56 Å². The van der Waals surface area contributed by atoms with Gasteiger partial charge in [0.2, 0.25) is 5.91 Å². The van der Waals surface area contributed by atoms with Crippen molar-refractivity contribution in [1.29, 1.82) is 0 Å². The normalized spacial score (nSPS) is 25.0. The number of hydrogen-bond donors (Lipinski definition) is 1. The number of rotatable bonds is 3. The highest BCUT2D eigenvalue weighted by Crippen LogP contribution is 2.29. The molecule has 1 aromatic rings. The van der Waals surface area contributed by atoms with Crippen molar-refractivity contribution in [2.24, 2.45) is 11.8 Å². The maximum absolute atomic E-state index is 12.3. The van der Waals surface area contributed by atoms with E-state index in [0.717, 1.165) is 30.7 Å². The minimum Gasteiger partial charge on any atom is -0.341 e. The molecule has 5 heteroatoms. The Morgan fingerprint density at radius 1 is 1.40 bits per heavy atom. The summed E-state index contributed by atoms with van der Waals surface area (Å²) in [7, 11) is 0. The fourth-order valence-electron chi connectivity index (χ4n) is 3.06. The molecule has 2 atom stereocenters. The van der Waals surface area contributed by atoms with Crippen molar-refractivity contribution in [3.63, 3.8) is 0 Å². The predicted molar refractivity (Wildman–Crippen MR) is 86.0 cm³/mol. The molecule has 2 saturated heterocycles. The lowest BCUT2D eigenvalue weighted by molar-refractivity contribution is -0.127. The standard InChI is InChI=1S/C15H19BrN2OS/c1-10-4-13(16)2-3-14(10)20-9-15(19)18-7-11-5-17-6-12(11)8-18/h2-4,11-12,17H,5-9H2,1H3/t11-,12+. The fraction of sp³-hybridized carbons (Fsp3) is 0.533. The number of likely N-dealkylation sites (tertiary alicyclic amines) is 1. The van der Waals surface area contributed by atoms with Gasteiger partial charge >= 0.3 is 0 Å². The third-order valence-electron chi connectivity index (χ3n) is 4.23. The van der Waals surface area contributed by atoms with Crippen LogP contribution < -0.4 is 5.32 Å². The Morgan fingerprint density at radius 2 is 2.10 bits per heavy atom. The first kappa shape index (κ1) is 14.4. The molecule has 2 aliphatic heterocycles. The summed E-state index contributed by atoms with van der Waals surface area (Å²) < 4.78 is 1.09. The van der Waals surface area contributed by atoms with E-state index in [0.29, 0.717) is 17.6 Å². The Labute approximate surface area is 132 Å². The highest BCUT2D eigenvalue weighted by molar-refractivity contribution is 9.10. The molecule has 0 spiro atoms. The Balaban J connectivity index is 1.54. The molecular weight excluding hydrogens is 336 g/mol. The van der Waals surface area contributed by atoms with Gasteiger partial charge in [-0.05, 0) is 42.5 Å². The minimum atomic E-state index is 0.284. The van der Waals surface area contributed by atoms with Crippen molar-refractivity contribution >= 4 is 33.6 Å². The molecule has 3 rings (SSSR count). The number of benzene rings is 1. The van der Waals surface area contributed by atoms with Crippen molar-refractivity contribution < 1.29 is 4.79 Å². The van der Waals surface area contributed by atoms with E-state index in [1.54, 1.807) is 11.8 Å². The van der Waals surface area contributed by atoms with E-state index in [-0.39, 0.29) is 5.91 Å².